The molecule has 1 unspecified atom stereocenters. The summed E-state index contributed by atoms with van der Waals surface area (Å²) in [6, 6.07) is 0. The highest BCUT2D eigenvalue weighted by molar-refractivity contribution is 8.00. The molecule has 1 aliphatic rings. The molecule has 1 aliphatic heterocycles. The Morgan fingerprint density at radius 2 is 2.32 bits per heavy atom. The largest absolute Gasteiger partial charge is 0.382 e. The van der Waals surface area contributed by atoms with Gasteiger partial charge in [-0.1, -0.05) is 0 Å². The maximum atomic E-state index is 11.8. The molecule has 0 aromatic rings. The van der Waals surface area contributed by atoms with Crippen LogP contribution in [-0.2, 0) is 14.6 Å². The zero-order chi connectivity index (χ0) is 14.3. The highest BCUT2D eigenvalue weighted by atomic mass is 32.2. The molecule has 1 saturated heterocycles. The van der Waals surface area contributed by atoms with Crippen LogP contribution in [0.3, 0.4) is 0 Å². The predicted molar refractivity (Wildman–Crippen MR) is 84.4 cm³/mol. The molecule has 0 radical (unpaired) electrons. The lowest BCUT2D eigenvalue weighted by atomic mass is 10.4. The van der Waals surface area contributed by atoms with E-state index in [9.17, 15) is 8.42 Å². The van der Waals surface area contributed by atoms with Crippen molar-refractivity contribution in [2.75, 3.05) is 44.1 Å². The van der Waals surface area contributed by atoms with Crippen LogP contribution < -0.4 is 5.32 Å². The fourth-order valence-corrected chi connectivity index (χ4v) is 5.00. The number of thioether (sulfide) groups is 1. The molecule has 0 bridgehead atoms. The molecule has 0 aliphatic carbocycles. The molecule has 8 heteroatoms. The maximum absolute atomic E-state index is 11.8. The van der Waals surface area contributed by atoms with E-state index in [1.165, 1.54) is 6.26 Å². The second-order valence-corrected chi connectivity index (χ2v) is 8.07. The fourth-order valence-electron chi connectivity index (χ4n) is 1.78. The first-order chi connectivity index (χ1) is 8.96. The summed E-state index contributed by atoms with van der Waals surface area (Å²) in [5.41, 5.74) is 0. The van der Waals surface area contributed by atoms with Gasteiger partial charge in [0, 0.05) is 44.1 Å². The highest BCUT2D eigenvalue weighted by Gasteiger charge is 2.32. The second-order valence-electron chi connectivity index (χ2n) is 4.33. The smallest absolute Gasteiger partial charge is 0.170 e. The van der Waals surface area contributed by atoms with E-state index in [1.807, 2.05) is 6.92 Å². The number of ether oxygens (including phenoxy) is 1. The van der Waals surface area contributed by atoms with Crippen LogP contribution in [0.15, 0.2) is 0 Å². The van der Waals surface area contributed by atoms with Gasteiger partial charge < -0.3 is 15.0 Å². The van der Waals surface area contributed by atoms with Crippen LogP contribution in [-0.4, -0.2) is 67.9 Å². The second kappa shape index (κ2) is 8.28. The van der Waals surface area contributed by atoms with Gasteiger partial charge in [0.15, 0.2) is 14.9 Å². The number of hydrogen-bond acceptors (Lipinski definition) is 5. The van der Waals surface area contributed by atoms with Crippen molar-refractivity contribution in [2.24, 2.45) is 0 Å². The summed E-state index contributed by atoms with van der Waals surface area (Å²) < 4.78 is 28.7. The predicted octanol–water partition coefficient (Wildman–Crippen LogP) is 0.707. The zero-order valence-electron chi connectivity index (χ0n) is 11.4. The van der Waals surface area contributed by atoms with E-state index in [4.69, 9.17) is 17.0 Å². The molecule has 1 fully saturated rings. The molecular weight excluding hydrogens is 304 g/mol. The van der Waals surface area contributed by atoms with Crippen LogP contribution in [0.2, 0.25) is 0 Å². The number of nitrogens with one attached hydrogen (secondary N) is 1. The lowest BCUT2D eigenvalue weighted by Gasteiger charge is -2.36. The van der Waals surface area contributed by atoms with E-state index in [-0.39, 0.29) is 0 Å². The highest BCUT2D eigenvalue weighted by Crippen LogP contribution is 2.20. The quantitative estimate of drug-likeness (QED) is 0.570. The van der Waals surface area contributed by atoms with E-state index in [1.54, 1.807) is 16.7 Å². The van der Waals surface area contributed by atoms with E-state index in [0.29, 0.717) is 37.2 Å². The van der Waals surface area contributed by atoms with Crippen LogP contribution >= 0.6 is 24.0 Å². The molecule has 1 N–H and O–H groups in total. The summed E-state index contributed by atoms with van der Waals surface area (Å²) >= 11 is 6.96. The van der Waals surface area contributed by atoms with Gasteiger partial charge in [-0.3, -0.25) is 0 Å². The normalized spacial score (nSPS) is 20.3. The zero-order valence-corrected chi connectivity index (χ0v) is 13.9. The van der Waals surface area contributed by atoms with Crippen molar-refractivity contribution in [3.05, 3.63) is 0 Å². The molecule has 1 heterocycles. The summed E-state index contributed by atoms with van der Waals surface area (Å²) in [4.78, 5) is 1.79. The molecule has 0 amide bonds. The van der Waals surface area contributed by atoms with Gasteiger partial charge in [-0.15, -0.1) is 0 Å². The van der Waals surface area contributed by atoms with Crippen molar-refractivity contribution in [3.8, 4) is 0 Å². The average Bonchev–Trinajstić information content (AvgIpc) is 2.37. The van der Waals surface area contributed by atoms with Crippen LogP contribution in [0.5, 0.6) is 0 Å². The number of rotatable bonds is 6. The molecule has 0 aromatic carbocycles. The summed E-state index contributed by atoms with van der Waals surface area (Å²) in [5, 5.41) is 3.15. The minimum atomic E-state index is -3.11. The van der Waals surface area contributed by atoms with Crippen molar-refractivity contribution in [1.29, 1.82) is 0 Å². The molecule has 1 atom stereocenters. The Bertz CT molecular complexity index is 387. The Morgan fingerprint density at radius 3 is 2.95 bits per heavy atom. The van der Waals surface area contributed by atoms with Gasteiger partial charge >= 0.3 is 0 Å². The van der Waals surface area contributed by atoms with E-state index < -0.39 is 15.2 Å². The summed E-state index contributed by atoms with van der Waals surface area (Å²) in [7, 11) is -3.11. The lowest BCUT2D eigenvalue weighted by molar-refractivity contribution is 0.145. The first kappa shape index (κ1) is 17.0. The standard InChI is InChI=1S/C11H22N2O3S3/c1-3-16-7-4-5-12-11(17)13-6-8-18-9-10(13)19(2,14)15/h10H,3-9H2,1-2H3,(H,12,17). The molecule has 0 spiro atoms. The number of sulfone groups is 1. The van der Waals surface area contributed by atoms with Crippen molar-refractivity contribution in [1.82, 2.24) is 10.2 Å². The van der Waals surface area contributed by atoms with E-state index >= 15 is 0 Å². The van der Waals surface area contributed by atoms with Crippen LogP contribution in [0.4, 0.5) is 0 Å². The van der Waals surface area contributed by atoms with Gasteiger partial charge in [0.05, 0.1) is 0 Å². The minimum Gasteiger partial charge on any atom is -0.382 e. The van der Waals surface area contributed by atoms with Crippen LogP contribution in [0.1, 0.15) is 13.3 Å². The summed E-state index contributed by atoms with van der Waals surface area (Å²) in [6.45, 7) is 4.75. The van der Waals surface area contributed by atoms with Crippen molar-refractivity contribution < 1.29 is 13.2 Å². The Kier molecular flexibility index (Phi) is 7.41. The van der Waals surface area contributed by atoms with Gasteiger partial charge in [0.2, 0.25) is 0 Å². The molecule has 0 saturated carbocycles. The van der Waals surface area contributed by atoms with Gasteiger partial charge in [0.1, 0.15) is 5.37 Å². The fraction of sp³-hybridized carbons (Fsp3) is 0.909. The molecule has 19 heavy (non-hydrogen) atoms. The SMILES string of the molecule is CCOCCCNC(=S)N1CCSCC1S(C)(=O)=O. The Labute approximate surface area is 125 Å². The number of nitrogens with zero attached hydrogens (tertiary/aromatic N) is 1. The molecule has 0 aromatic heterocycles. The Hall–Kier alpha value is -0.0500. The molecule has 5 nitrogen and oxygen atoms in total. The average molecular weight is 327 g/mol. The summed E-state index contributed by atoms with van der Waals surface area (Å²) in [5.74, 6) is 1.49. The molecule has 112 valence electrons. The first-order valence-electron chi connectivity index (χ1n) is 6.35. The summed E-state index contributed by atoms with van der Waals surface area (Å²) in [6.07, 6.45) is 2.13. The number of thiocarbonyl (C=S) groups is 1. The maximum Gasteiger partial charge on any atom is 0.170 e. The van der Waals surface area contributed by atoms with Gasteiger partial charge in [-0.25, -0.2) is 8.42 Å². The Morgan fingerprint density at radius 1 is 1.58 bits per heavy atom. The third-order valence-corrected chi connectivity index (χ3v) is 5.81. The lowest BCUT2D eigenvalue weighted by Crippen LogP contribution is -2.53. The molecular formula is C11H22N2O3S3. The van der Waals surface area contributed by atoms with Crippen LogP contribution in [0, 0.1) is 0 Å². The van der Waals surface area contributed by atoms with Gasteiger partial charge in [-0.05, 0) is 25.6 Å². The minimum absolute atomic E-state index is 0.502. The first-order valence-corrected chi connectivity index (χ1v) is 9.87. The van der Waals surface area contributed by atoms with Crippen molar-refractivity contribution in [2.45, 2.75) is 18.7 Å². The van der Waals surface area contributed by atoms with Crippen molar-refractivity contribution >= 4 is 38.9 Å². The van der Waals surface area contributed by atoms with E-state index in [2.05, 4.69) is 5.32 Å². The van der Waals surface area contributed by atoms with Gasteiger partial charge in [0.25, 0.3) is 0 Å². The molecule has 1 rings (SSSR count). The van der Waals surface area contributed by atoms with Crippen molar-refractivity contribution in [3.63, 3.8) is 0 Å². The van der Waals surface area contributed by atoms with E-state index in [0.717, 1.165) is 12.2 Å². The number of hydrogen-bond donors (Lipinski definition) is 1. The van der Waals surface area contributed by atoms with Gasteiger partial charge in [-0.2, -0.15) is 11.8 Å². The monoisotopic (exact) mass is 326 g/mol. The Balaban J connectivity index is 2.44. The van der Waals surface area contributed by atoms with Crippen LogP contribution in [0.25, 0.3) is 0 Å². The topological polar surface area (TPSA) is 58.6 Å². The third-order valence-electron chi connectivity index (χ3n) is 2.79. The third kappa shape index (κ3) is 5.85.